The Kier molecular flexibility index (Phi) is 5.58. The number of thiophene rings is 1. The molecule has 0 saturated heterocycles. The van der Waals surface area contributed by atoms with Gasteiger partial charge in [0.1, 0.15) is 0 Å². The van der Waals surface area contributed by atoms with Crippen LogP contribution in [0.15, 0.2) is 46.3 Å². The molecule has 2 aromatic rings. The van der Waals surface area contributed by atoms with Gasteiger partial charge < -0.3 is 5.73 Å². The van der Waals surface area contributed by atoms with Gasteiger partial charge in [0.15, 0.2) is 0 Å². The molecule has 0 aliphatic heterocycles. The van der Waals surface area contributed by atoms with E-state index in [1.807, 2.05) is 6.07 Å². The SMILES string of the molecule is CN(Cc1cc(Br)cs1)C(CN)Cc1ccccc1. The molecule has 1 heterocycles. The summed E-state index contributed by atoms with van der Waals surface area (Å²) in [5.41, 5.74) is 7.28. The smallest absolute Gasteiger partial charge is 0.0328 e. The lowest BCUT2D eigenvalue weighted by Crippen LogP contribution is -2.38. The van der Waals surface area contributed by atoms with Crippen molar-refractivity contribution in [2.75, 3.05) is 13.6 Å². The highest BCUT2D eigenvalue weighted by Gasteiger charge is 2.14. The maximum atomic E-state index is 5.93. The largest absolute Gasteiger partial charge is 0.329 e. The van der Waals surface area contributed by atoms with Gasteiger partial charge in [0.05, 0.1) is 0 Å². The van der Waals surface area contributed by atoms with Crippen molar-refractivity contribution in [1.82, 2.24) is 4.90 Å². The van der Waals surface area contributed by atoms with Gasteiger partial charge in [0.2, 0.25) is 0 Å². The van der Waals surface area contributed by atoms with Crippen LogP contribution in [-0.4, -0.2) is 24.5 Å². The van der Waals surface area contributed by atoms with Gasteiger partial charge >= 0.3 is 0 Å². The van der Waals surface area contributed by atoms with Gasteiger partial charge in [0.25, 0.3) is 0 Å². The van der Waals surface area contributed by atoms with Crippen molar-refractivity contribution in [1.29, 1.82) is 0 Å². The maximum Gasteiger partial charge on any atom is 0.0328 e. The number of rotatable bonds is 6. The summed E-state index contributed by atoms with van der Waals surface area (Å²) in [4.78, 5) is 3.70. The molecule has 2 N–H and O–H groups in total. The minimum atomic E-state index is 0.378. The summed E-state index contributed by atoms with van der Waals surface area (Å²) >= 11 is 5.28. The van der Waals surface area contributed by atoms with Crippen LogP contribution in [0.25, 0.3) is 0 Å². The second-order valence-electron chi connectivity index (χ2n) is 4.73. The van der Waals surface area contributed by atoms with Crippen LogP contribution in [0.3, 0.4) is 0 Å². The fourth-order valence-corrected chi connectivity index (χ4v) is 3.63. The first-order chi connectivity index (χ1) is 9.19. The molecule has 0 spiro atoms. The van der Waals surface area contributed by atoms with E-state index in [9.17, 15) is 0 Å². The Morgan fingerprint density at radius 2 is 2.05 bits per heavy atom. The standard InChI is InChI=1S/C15H19BrN2S/c1-18(10-15-8-13(16)11-19-15)14(9-17)7-12-5-3-2-4-6-12/h2-6,8,11,14H,7,9-10,17H2,1H3. The fourth-order valence-electron chi connectivity index (χ4n) is 2.12. The van der Waals surface area contributed by atoms with Crippen LogP contribution in [0.1, 0.15) is 10.4 Å². The Hall–Kier alpha value is -0.680. The Morgan fingerprint density at radius 1 is 1.32 bits per heavy atom. The minimum Gasteiger partial charge on any atom is -0.329 e. The number of hydrogen-bond donors (Lipinski definition) is 1. The predicted molar refractivity (Wildman–Crippen MR) is 86.5 cm³/mol. The zero-order valence-corrected chi connectivity index (χ0v) is 13.5. The predicted octanol–water partition coefficient (Wildman–Crippen LogP) is 3.51. The van der Waals surface area contributed by atoms with Gasteiger partial charge in [-0.2, -0.15) is 0 Å². The molecule has 1 aromatic heterocycles. The van der Waals surface area contributed by atoms with Crippen LogP contribution in [0, 0.1) is 0 Å². The lowest BCUT2D eigenvalue weighted by molar-refractivity contribution is 0.239. The van der Waals surface area contributed by atoms with Crippen molar-refractivity contribution >= 4 is 27.3 Å². The van der Waals surface area contributed by atoms with Crippen LogP contribution >= 0.6 is 27.3 Å². The van der Waals surface area contributed by atoms with Crippen LogP contribution in [-0.2, 0) is 13.0 Å². The second kappa shape index (κ2) is 7.20. The monoisotopic (exact) mass is 338 g/mol. The zero-order chi connectivity index (χ0) is 13.7. The lowest BCUT2D eigenvalue weighted by Gasteiger charge is -2.26. The molecular formula is C15H19BrN2S. The molecule has 2 rings (SSSR count). The summed E-state index contributed by atoms with van der Waals surface area (Å²) in [5.74, 6) is 0. The van der Waals surface area contributed by atoms with E-state index in [-0.39, 0.29) is 0 Å². The van der Waals surface area contributed by atoms with Crippen molar-refractivity contribution in [2.45, 2.75) is 19.0 Å². The van der Waals surface area contributed by atoms with Crippen molar-refractivity contribution in [3.05, 3.63) is 56.7 Å². The highest BCUT2D eigenvalue weighted by molar-refractivity contribution is 9.10. The van der Waals surface area contributed by atoms with Crippen molar-refractivity contribution in [3.63, 3.8) is 0 Å². The van der Waals surface area contributed by atoms with Gasteiger partial charge in [-0.15, -0.1) is 11.3 Å². The molecule has 2 nitrogen and oxygen atoms in total. The summed E-state index contributed by atoms with van der Waals surface area (Å²) in [6.45, 7) is 1.63. The molecule has 102 valence electrons. The highest BCUT2D eigenvalue weighted by atomic mass is 79.9. The molecule has 1 aromatic carbocycles. The third kappa shape index (κ3) is 4.42. The van der Waals surface area contributed by atoms with E-state index in [4.69, 9.17) is 5.73 Å². The van der Waals surface area contributed by atoms with Crippen molar-refractivity contribution < 1.29 is 0 Å². The number of nitrogens with two attached hydrogens (primary N) is 1. The third-order valence-electron chi connectivity index (χ3n) is 3.24. The van der Waals surface area contributed by atoms with Gasteiger partial charge in [-0.1, -0.05) is 30.3 Å². The first-order valence-electron chi connectivity index (χ1n) is 6.36. The van der Waals surface area contributed by atoms with E-state index in [1.54, 1.807) is 11.3 Å². The normalized spacial score (nSPS) is 12.8. The second-order valence-corrected chi connectivity index (χ2v) is 6.64. The number of hydrogen-bond acceptors (Lipinski definition) is 3. The Bertz CT molecular complexity index is 498. The number of likely N-dealkylation sites (N-methyl/N-ethyl adjacent to an activating group) is 1. The van der Waals surface area contributed by atoms with E-state index >= 15 is 0 Å². The molecule has 1 atom stereocenters. The average Bonchev–Trinajstić information content (AvgIpc) is 2.82. The summed E-state index contributed by atoms with van der Waals surface area (Å²) in [7, 11) is 2.15. The highest BCUT2D eigenvalue weighted by Crippen LogP contribution is 2.21. The van der Waals surface area contributed by atoms with Crippen LogP contribution in [0.2, 0.25) is 0 Å². The topological polar surface area (TPSA) is 29.3 Å². The van der Waals surface area contributed by atoms with Crippen LogP contribution in [0.5, 0.6) is 0 Å². The summed E-state index contributed by atoms with van der Waals surface area (Å²) in [6.07, 6.45) is 1.00. The summed E-state index contributed by atoms with van der Waals surface area (Å²) in [6, 6.07) is 13.1. The van der Waals surface area contributed by atoms with Crippen LogP contribution < -0.4 is 5.73 Å². The number of nitrogens with zero attached hydrogens (tertiary/aromatic N) is 1. The Morgan fingerprint density at radius 3 is 2.63 bits per heavy atom. The molecule has 4 heteroatoms. The molecular weight excluding hydrogens is 320 g/mol. The Labute approximate surface area is 127 Å². The van der Waals surface area contributed by atoms with E-state index in [1.165, 1.54) is 10.4 Å². The molecule has 0 amide bonds. The maximum absolute atomic E-state index is 5.93. The molecule has 19 heavy (non-hydrogen) atoms. The first-order valence-corrected chi connectivity index (χ1v) is 8.03. The first kappa shape index (κ1) is 14.7. The van der Waals surface area contributed by atoms with Crippen molar-refractivity contribution in [2.24, 2.45) is 5.73 Å². The quantitative estimate of drug-likeness (QED) is 0.873. The fraction of sp³-hybridized carbons (Fsp3) is 0.333. The minimum absolute atomic E-state index is 0.378. The lowest BCUT2D eigenvalue weighted by atomic mass is 10.1. The van der Waals surface area contributed by atoms with Gasteiger partial charge in [-0.05, 0) is 41.0 Å². The van der Waals surface area contributed by atoms with E-state index < -0.39 is 0 Å². The van der Waals surface area contributed by atoms with Gasteiger partial charge in [-0.25, -0.2) is 0 Å². The Balaban J connectivity index is 1.97. The number of benzene rings is 1. The molecule has 1 unspecified atom stereocenters. The van der Waals surface area contributed by atoms with E-state index in [0.717, 1.165) is 17.4 Å². The zero-order valence-electron chi connectivity index (χ0n) is 11.1. The summed E-state index contributed by atoms with van der Waals surface area (Å²) < 4.78 is 1.16. The number of halogens is 1. The molecule has 0 fully saturated rings. The third-order valence-corrected chi connectivity index (χ3v) is 4.92. The molecule has 0 saturated carbocycles. The van der Waals surface area contributed by atoms with E-state index in [2.05, 4.69) is 63.6 Å². The summed E-state index contributed by atoms with van der Waals surface area (Å²) in [5, 5.41) is 2.12. The molecule has 0 radical (unpaired) electrons. The van der Waals surface area contributed by atoms with Gasteiger partial charge in [-0.3, -0.25) is 4.90 Å². The van der Waals surface area contributed by atoms with Gasteiger partial charge in [0, 0.05) is 33.9 Å². The van der Waals surface area contributed by atoms with Crippen LogP contribution in [0.4, 0.5) is 0 Å². The molecule has 0 aliphatic rings. The molecule has 0 aliphatic carbocycles. The molecule has 0 bridgehead atoms. The van der Waals surface area contributed by atoms with Crippen molar-refractivity contribution in [3.8, 4) is 0 Å². The van der Waals surface area contributed by atoms with E-state index in [0.29, 0.717) is 12.6 Å². The average molecular weight is 339 g/mol.